The molecule has 0 radical (unpaired) electrons. The highest BCUT2D eigenvalue weighted by Gasteiger charge is 2.35. The largest absolute Gasteiger partial charge is 0.344 e. The first-order valence-corrected chi connectivity index (χ1v) is 8.59. The summed E-state index contributed by atoms with van der Waals surface area (Å²) in [6.07, 6.45) is 3.58. The maximum Gasteiger partial charge on any atom is 0.270 e. The van der Waals surface area contributed by atoms with Gasteiger partial charge in [0.25, 0.3) is 5.91 Å². The van der Waals surface area contributed by atoms with Crippen molar-refractivity contribution in [2.75, 3.05) is 13.6 Å². The monoisotopic (exact) mass is 340 g/mol. The average Bonchev–Trinajstić information content (AvgIpc) is 3.06. The Bertz CT molecular complexity index is 756. The van der Waals surface area contributed by atoms with Gasteiger partial charge >= 0.3 is 0 Å². The molecule has 0 saturated carbocycles. The molecule has 0 bridgehead atoms. The number of carbonyl (C=O) groups is 2. The first-order valence-electron chi connectivity index (χ1n) is 8.59. The molecule has 1 unspecified atom stereocenters. The minimum Gasteiger partial charge on any atom is -0.344 e. The number of aromatic nitrogens is 2. The summed E-state index contributed by atoms with van der Waals surface area (Å²) in [7, 11) is 1.77. The van der Waals surface area contributed by atoms with Crippen LogP contribution in [-0.2, 0) is 17.8 Å². The second-order valence-corrected chi connectivity index (χ2v) is 6.94. The molecule has 1 atom stereocenters. The van der Waals surface area contributed by atoms with E-state index in [0.29, 0.717) is 31.6 Å². The van der Waals surface area contributed by atoms with Gasteiger partial charge in [-0.3, -0.25) is 14.3 Å². The summed E-state index contributed by atoms with van der Waals surface area (Å²) in [4.78, 5) is 26.1. The zero-order valence-electron chi connectivity index (χ0n) is 14.7. The fourth-order valence-corrected chi connectivity index (χ4v) is 3.29. The second-order valence-electron chi connectivity index (χ2n) is 6.94. The van der Waals surface area contributed by atoms with E-state index in [2.05, 4.69) is 22.5 Å². The Morgan fingerprint density at radius 1 is 1.28 bits per heavy atom. The van der Waals surface area contributed by atoms with Crippen LogP contribution in [0.25, 0.3) is 0 Å². The normalized spacial score (nSPS) is 20.6. The van der Waals surface area contributed by atoms with E-state index < -0.39 is 5.54 Å². The number of aryl methyl sites for hydroxylation is 2. The Labute approximate surface area is 147 Å². The van der Waals surface area contributed by atoms with Crippen molar-refractivity contribution < 1.29 is 9.59 Å². The Hall–Kier alpha value is -2.63. The highest BCUT2D eigenvalue weighted by Crippen LogP contribution is 2.21. The Kier molecular flexibility index (Phi) is 4.88. The molecule has 1 saturated heterocycles. The smallest absolute Gasteiger partial charge is 0.270 e. The van der Waals surface area contributed by atoms with Crippen molar-refractivity contribution >= 4 is 11.8 Å². The standard InChI is InChI=1S/C19H24N4O2/c1-19(11-8-17(24)22(2)14-19)21-18(25)16-9-12-20-23(16)13-10-15-6-4-3-5-7-15/h3-7,9,12H,8,10-11,13-14H2,1-2H3,(H,21,25). The van der Waals surface area contributed by atoms with E-state index in [9.17, 15) is 9.59 Å². The van der Waals surface area contributed by atoms with Crippen molar-refractivity contribution in [2.45, 2.75) is 38.3 Å². The number of carbonyl (C=O) groups excluding carboxylic acids is 2. The second kappa shape index (κ2) is 7.09. The molecule has 25 heavy (non-hydrogen) atoms. The van der Waals surface area contributed by atoms with Crippen molar-refractivity contribution in [3.8, 4) is 0 Å². The summed E-state index contributed by atoms with van der Waals surface area (Å²) >= 11 is 0. The van der Waals surface area contributed by atoms with Crippen LogP contribution < -0.4 is 5.32 Å². The number of rotatable bonds is 5. The van der Waals surface area contributed by atoms with Gasteiger partial charge in [-0.15, -0.1) is 0 Å². The van der Waals surface area contributed by atoms with E-state index in [0.717, 1.165) is 6.42 Å². The predicted octanol–water partition coefficient (Wildman–Crippen LogP) is 1.87. The van der Waals surface area contributed by atoms with Crippen LogP contribution in [0, 0.1) is 0 Å². The number of likely N-dealkylation sites (N-methyl/N-ethyl adjacent to an activating group) is 1. The average molecular weight is 340 g/mol. The van der Waals surface area contributed by atoms with Crippen LogP contribution in [0.5, 0.6) is 0 Å². The summed E-state index contributed by atoms with van der Waals surface area (Å²) in [6.45, 7) is 3.16. The topological polar surface area (TPSA) is 67.2 Å². The lowest BCUT2D eigenvalue weighted by molar-refractivity contribution is -0.133. The van der Waals surface area contributed by atoms with Crippen LogP contribution in [0.1, 0.15) is 35.8 Å². The zero-order valence-corrected chi connectivity index (χ0v) is 14.7. The molecule has 1 aromatic heterocycles. The molecule has 0 spiro atoms. The molecular formula is C19H24N4O2. The Morgan fingerprint density at radius 2 is 2.04 bits per heavy atom. The summed E-state index contributed by atoms with van der Waals surface area (Å²) in [6, 6.07) is 11.9. The molecule has 6 heteroatoms. The van der Waals surface area contributed by atoms with Gasteiger partial charge in [-0.2, -0.15) is 5.10 Å². The molecular weight excluding hydrogens is 316 g/mol. The van der Waals surface area contributed by atoms with Gasteiger partial charge in [0.1, 0.15) is 5.69 Å². The van der Waals surface area contributed by atoms with Crippen molar-refractivity contribution in [2.24, 2.45) is 0 Å². The van der Waals surface area contributed by atoms with Crippen LogP contribution in [0.2, 0.25) is 0 Å². The Balaban J connectivity index is 1.65. The molecule has 1 aliphatic heterocycles. The molecule has 6 nitrogen and oxygen atoms in total. The van der Waals surface area contributed by atoms with Gasteiger partial charge < -0.3 is 10.2 Å². The quantitative estimate of drug-likeness (QED) is 0.903. The molecule has 2 heterocycles. The van der Waals surface area contributed by atoms with Gasteiger partial charge in [0, 0.05) is 32.8 Å². The first kappa shape index (κ1) is 17.2. The van der Waals surface area contributed by atoms with E-state index in [1.54, 1.807) is 28.9 Å². The zero-order chi connectivity index (χ0) is 17.9. The summed E-state index contributed by atoms with van der Waals surface area (Å²) in [5, 5.41) is 7.38. The summed E-state index contributed by atoms with van der Waals surface area (Å²) in [5.41, 5.74) is 1.36. The summed E-state index contributed by atoms with van der Waals surface area (Å²) in [5.74, 6) is -0.0181. The van der Waals surface area contributed by atoms with Gasteiger partial charge in [-0.05, 0) is 31.4 Å². The van der Waals surface area contributed by atoms with Crippen molar-refractivity contribution in [1.29, 1.82) is 0 Å². The van der Waals surface area contributed by atoms with E-state index >= 15 is 0 Å². The molecule has 1 N–H and O–H groups in total. The number of nitrogens with one attached hydrogen (secondary N) is 1. The highest BCUT2D eigenvalue weighted by molar-refractivity contribution is 5.93. The van der Waals surface area contributed by atoms with Crippen LogP contribution in [-0.4, -0.2) is 45.6 Å². The number of piperidine rings is 1. The van der Waals surface area contributed by atoms with E-state index in [1.165, 1.54) is 5.56 Å². The Morgan fingerprint density at radius 3 is 2.76 bits per heavy atom. The van der Waals surface area contributed by atoms with Gasteiger partial charge in [0.15, 0.2) is 0 Å². The highest BCUT2D eigenvalue weighted by atomic mass is 16.2. The van der Waals surface area contributed by atoms with E-state index in [4.69, 9.17) is 0 Å². The minimum absolute atomic E-state index is 0.125. The minimum atomic E-state index is -0.408. The molecule has 3 rings (SSSR count). The van der Waals surface area contributed by atoms with E-state index in [1.807, 2.05) is 25.1 Å². The molecule has 1 aliphatic rings. The predicted molar refractivity (Wildman–Crippen MR) is 95.1 cm³/mol. The molecule has 2 amide bonds. The number of hydrogen-bond donors (Lipinski definition) is 1. The molecule has 2 aromatic rings. The number of benzene rings is 1. The maximum atomic E-state index is 12.7. The fraction of sp³-hybridized carbons (Fsp3) is 0.421. The van der Waals surface area contributed by atoms with Gasteiger partial charge in [-0.1, -0.05) is 30.3 Å². The number of likely N-dealkylation sites (tertiary alicyclic amines) is 1. The number of amides is 2. The SMILES string of the molecule is CN1CC(C)(NC(=O)c2ccnn2CCc2ccccc2)CCC1=O. The third-order valence-electron chi connectivity index (χ3n) is 4.72. The summed E-state index contributed by atoms with van der Waals surface area (Å²) < 4.78 is 1.74. The van der Waals surface area contributed by atoms with Crippen LogP contribution in [0.15, 0.2) is 42.6 Å². The first-order chi connectivity index (χ1) is 12.0. The van der Waals surface area contributed by atoms with Crippen molar-refractivity contribution in [3.05, 3.63) is 53.9 Å². The fourth-order valence-electron chi connectivity index (χ4n) is 3.29. The van der Waals surface area contributed by atoms with Crippen LogP contribution >= 0.6 is 0 Å². The van der Waals surface area contributed by atoms with Gasteiger partial charge in [-0.25, -0.2) is 0 Å². The number of hydrogen-bond acceptors (Lipinski definition) is 3. The lowest BCUT2D eigenvalue weighted by Gasteiger charge is -2.39. The number of nitrogens with zero attached hydrogens (tertiary/aromatic N) is 3. The van der Waals surface area contributed by atoms with Crippen LogP contribution in [0.4, 0.5) is 0 Å². The van der Waals surface area contributed by atoms with Crippen LogP contribution in [0.3, 0.4) is 0 Å². The van der Waals surface area contributed by atoms with E-state index in [-0.39, 0.29) is 11.8 Å². The lowest BCUT2D eigenvalue weighted by atomic mass is 9.91. The molecule has 0 aliphatic carbocycles. The molecule has 1 fully saturated rings. The molecule has 1 aromatic carbocycles. The van der Waals surface area contributed by atoms with Gasteiger partial charge in [0.2, 0.25) is 5.91 Å². The third-order valence-corrected chi connectivity index (χ3v) is 4.72. The van der Waals surface area contributed by atoms with Crippen molar-refractivity contribution in [1.82, 2.24) is 20.0 Å². The molecule has 132 valence electrons. The van der Waals surface area contributed by atoms with Crippen molar-refractivity contribution in [3.63, 3.8) is 0 Å². The lowest BCUT2D eigenvalue weighted by Crippen LogP contribution is -2.57. The third kappa shape index (κ3) is 4.07. The van der Waals surface area contributed by atoms with Gasteiger partial charge in [0.05, 0.1) is 5.54 Å². The maximum absolute atomic E-state index is 12.7.